The Labute approximate surface area is 79.7 Å². The van der Waals surface area contributed by atoms with Crippen LogP contribution >= 0.6 is 0 Å². The van der Waals surface area contributed by atoms with Crippen LogP contribution in [0.4, 0.5) is 8.78 Å². The van der Waals surface area contributed by atoms with Gasteiger partial charge in [-0.05, 0) is 18.9 Å². The van der Waals surface area contributed by atoms with Crippen molar-refractivity contribution in [2.24, 2.45) is 0 Å². The molecule has 2 rings (SSSR count). The molecular formula is C10H7F2NO. The van der Waals surface area contributed by atoms with Crippen molar-refractivity contribution >= 4 is 0 Å². The van der Waals surface area contributed by atoms with Crippen molar-refractivity contribution in [2.45, 2.75) is 18.9 Å². The van der Waals surface area contributed by atoms with Gasteiger partial charge in [-0.3, -0.25) is 0 Å². The summed E-state index contributed by atoms with van der Waals surface area (Å²) in [5.74, 6) is -1.59. The van der Waals surface area contributed by atoms with Gasteiger partial charge in [0.2, 0.25) is 0 Å². The topological polar surface area (TPSA) is 33.0 Å². The molecule has 0 bridgehead atoms. The molecule has 1 aromatic carbocycles. The van der Waals surface area contributed by atoms with Crippen molar-refractivity contribution in [3.05, 3.63) is 29.3 Å². The molecule has 72 valence electrons. The predicted octanol–water partition coefficient (Wildman–Crippen LogP) is 2.38. The minimum Gasteiger partial charge on any atom is -0.487 e. The molecule has 14 heavy (non-hydrogen) atoms. The summed E-state index contributed by atoms with van der Waals surface area (Å²) in [7, 11) is 0. The van der Waals surface area contributed by atoms with E-state index >= 15 is 0 Å². The second-order valence-electron chi connectivity index (χ2n) is 3.19. The molecule has 0 saturated heterocycles. The Kier molecular flexibility index (Phi) is 2.08. The highest BCUT2D eigenvalue weighted by Crippen LogP contribution is 2.30. The van der Waals surface area contributed by atoms with Gasteiger partial charge < -0.3 is 4.74 Å². The van der Waals surface area contributed by atoms with Crippen LogP contribution in [0, 0.1) is 23.0 Å². The predicted molar refractivity (Wildman–Crippen MR) is 44.7 cm³/mol. The SMILES string of the molecule is N#Cc1cc(F)cc(OC2CC2)c1F. The van der Waals surface area contributed by atoms with Gasteiger partial charge in [0, 0.05) is 6.07 Å². The fraction of sp³-hybridized carbons (Fsp3) is 0.300. The molecule has 0 aromatic heterocycles. The molecule has 1 aliphatic rings. The highest BCUT2D eigenvalue weighted by Gasteiger charge is 2.25. The number of hydrogen-bond donors (Lipinski definition) is 0. The average molecular weight is 195 g/mol. The molecule has 1 saturated carbocycles. The van der Waals surface area contributed by atoms with Crippen LogP contribution in [0.1, 0.15) is 18.4 Å². The number of rotatable bonds is 2. The summed E-state index contributed by atoms with van der Waals surface area (Å²) < 4.78 is 31.3. The van der Waals surface area contributed by atoms with Crippen LogP contribution in [-0.2, 0) is 0 Å². The first-order valence-electron chi connectivity index (χ1n) is 4.26. The van der Waals surface area contributed by atoms with Crippen molar-refractivity contribution in [2.75, 3.05) is 0 Å². The summed E-state index contributed by atoms with van der Waals surface area (Å²) in [6.45, 7) is 0. The normalized spacial score (nSPS) is 14.9. The van der Waals surface area contributed by atoms with E-state index in [1.54, 1.807) is 6.07 Å². The van der Waals surface area contributed by atoms with Gasteiger partial charge >= 0.3 is 0 Å². The monoisotopic (exact) mass is 195 g/mol. The highest BCUT2D eigenvalue weighted by atomic mass is 19.1. The average Bonchev–Trinajstić information content (AvgIpc) is 2.94. The number of hydrogen-bond acceptors (Lipinski definition) is 2. The highest BCUT2D eigenvalue weighted by molar-refractivity contribution is 5.39. The standard InChI is InChI=1S/C10H7F2NO/c11-7-3-6(5-13)10(12)9(4-7)14-8-1-2-8/h3-4,8H,1-2H2. The molecule has 4 heteroatoms. The van der Waals surface area contributed by atoms with Crippen LogP contribution in [0.3, 0.4) is 0 Å². The minimum atomic E-state index is -0.777. The molecule has 2 nitrogen and oxygen atoms in total. The third kappa shape index (κ3) is 1.67. The number of nitriles is 1. The van der Waals surface area contributed by atoms with Crippen LogP contribution in [-0.4, -0.2) is 6.10 Å². The Hall–Kier alpha value is -1.63. The number of benzene rings is 1. The van der Waals surface area contributed by atoms with Gasteiger partial charge in [0.05, 0.1) is 11.7 Å². The second kappa shape index (κ2) is 3.26. The molecule has 1 aromatic rings. The molecule has 0 atom stereocenters. The maximum Gasteiger partial charge on any atom is 0.183 e. The van der Waals surface area contributed by atoms with Crippen LogP contribution in [0.25, 0.3) is 0 Å². The summed E-state index contributed by atoms with van der Waals surface area (Å²) >= 11 is 0. The van der Waals surface area contributed by atoms with Crippen molar-refractivity contribution in [1.29, 1.82) is 5.26 Å². The molecule has 0 unspecified atom stereocenters. The largest absolute Gasteiger partial charge is 0.487 e. The van der Waals surface area contributed by atoms with Gasteiger partial charge in [0.25, 0.3) is 0 Å². The second-order valence-corrected chi connectivity index (χ2v) is 3.19. The lowest BCUT2D eigenvalue weighted by Crippen LogP contribution is -2.00. The number of ether oxygens (including phenoxy) is 1. The molecule has 0 N–H and O–H groups in total. The fourth-order valence-corrected chi connectivity index (χ4v) is 1.10. The third-order valence-electron chi connectivity index (χ3n) is 1.94. The summed E-state index contributed by atoms with van der Waals surface area (Å²) in [6, 6.07) is 3.40. The van der Waals surface area contributed by atoms with Crippen molar-refractivity contribution in [1.82, 2.24) is 0 Å². The van der Waals surface area contributed by atoms with Gasteiger partial charge in [0.1, 0.15) is 11.9 Å². The van der Waals surface area contributed by atoms with E-state index in [9.17, 15) is 8.78 Å². The molecule has 0 aliphatic heterocycles. The first-order chi connectivity index (χ1) is 6.70. The van der Waals surface area contributed by atoms with Gasteiger partial charge in [-0.2, -0.15) is 5.26 Å². The summed E-state index contributed by atoms with van der Waals surface area (Å²) in [5.41, 5.74) is -0.319. The van der Waals surface area contributed by atoms with Crippen molar-refractivity contribution in [3.63, 3.8) is 0 Å². The molecular weight excluding hydrogens is 188 g/mol. The Morgan fingerprint density at radius 1 is 1.36 bits per heavy atom. The lowest BCUT2D eigenvalue weighted by molar-refractivity contribution is 0.285. The third-order valence-corrected chi connectivity index (χ3v) is 1.94. The molecule has 0 amide bonds. The van der Waals surface area contributed by atoms with Crippen LogP contribution in [0.15, 0.2) is 12.1 Å². The Morgan fingerprint density at radius 3 is 2.64 bits per heavy atom. The quantitative estimate of drug-likeness (QED) is 0.725. The lowest BCUT2D eigenvalue weighted by atomic mass is 10.2. The van der Waals surface area contributed by atoms with E-state index < -0.39 is 11.6 Å². The first kappa shape index (κ1) is 8.95. The Morgan fingerprint density at radius 2 is 2.07 bits per heavy atom. The zero-order valence-electron chi connectivity index (χ0n) is 7.26. The number of halogens is 2. The summed E-state index contributed by atoms with van der Waals surface area (Å²) in [4.78, 5) is 0. The zero-order valence-corrected chi connectivity index (χ0v) is 7.26. The van der Waals surface area contributed by atoms with E-state index in [0.29, 0.717) is 0 Å². The minimum absolute atomic E-state index is 0.0159. The van der Waals surface area contributed by atoms with Gasteiger partial charge in [0.15, 0.2) is 11.6 Å². The molecule has 0 spiro atoms. The Bertz CT molecular complexity index is 407. The van der Waals surface area contributed by atoms with E-state index in [4.69, 9.17) is 10.00 Å². The van der Waals surface area contributed by atoms with Crippen molar-refractivity contribution in [3.8, 4) is 11.8 Å². The molecule has 0 radical (unpaired) electrons. The van der Waals surface area contributed by atoms with Crippen LogP contribution in [0.5, 0.6) is 5.75 Å². The maximum atomic E-state index is 13.3. The number of nitrogens with zero attached hydrogens (tertiary/aromatic N) is 1. The van der Waals surface area contributed by atoms with E-state index in [0.717, 1.165) is 25.0 Å². The Balaban J connectivity index is 2.37. The molecule has 0 heterocycles. The van der Waals surface area contributed by atoms with Gasteiger partial charge in [-0.1, -0.05) is 0 Å². The molecule has 1 aliphatic carbocycles. The fourth-order valence-electron chi connectivity index (χ4n) is 1.10. The lowest BCUT2D eigenvalue weighted by Gasteiger charge is -2.06. The smallest absolute Gasteiger partial charge is 0.183 e. The van der Waals surface area contributed by atoms with E-state index in [1.165, 1.54) is 0 Å². The van der Waals surface area contributed by atoms with Crippen LogP contribution in [0.2, 0.25) is 0 Å². The zero-order chi connectivity index (χ0) is 10.1. The van der Waals surface area contributed by atoms with Crippen LogP contribution < -0.4 is 4.74 Å². The summed E-state index contributed by atoms with van der Waals surface area (Å²) in [6.07, 6.45) is 1.70. The first-order valence-corrected chi connectivity index (χ1v) is 4.26. The summed E-state index contributed by atoms with van der Waals surface area (Å²) in [5, 5.41) is 8.50. The molecule has 1 fully saturated rings. The van der Waals surface area contributed by atoms with Gasteiger partial charge in [-0.25, -0.2) is 8.78 Å². The van der Waals surface area contributed by atoms with E-state index in [1.807, 2.05) is 0 Å². The van der Waals surface area contributed by atoms with E-state index in [-0.39, 0.29) is 17.4 Å². The van der Waals surface area contributed by atoms with E-state index in [2.05, 4.69) is 0 Å². The van der Waals surface area contributed by atoms with Gasteiger partial charge in [-0.15, -0.1) is 0 Å². The maximum absolute atomic E-state index is 13.3. The van der Waals surface area contributed by atoms with Crippen molar-refractivity contribution < 1.29 is 13.5 Å².